The molecule has 1 aliphatic rings. The first-order valence-electron chi connectivity index (χ1n) is 4.78. The van der Waals surface area contributed by atoms with Crippen LogP contribution in [0.1, 0.15) is 40.0 Å². The summed E-state index contributed by atoms with van der Waals surface area (Å²) in [6, 6.07) is 0. The Balaban J connectivity index is 2.57. The maximum Gasteiger partial charge on any atom is 0.248 e. The molecule has 2 atom stereocenters. The summed E-state index contributed by atoms with van der Waals surface area (Å²) >= 11 is 0. The maximum absolute atomic E-state index is 12.8. The third-order valence-electron chi connectivity index (χ3n) is 2.78. The maximum atomic E-state index is 12.8. The summed E-state index contributed by atoms with van der Waals surface area (Å²) in [5.74, 6) is -2.77. The molecule has 1 rings (SSSR count). The Morgan fingerprint density at radius 2 is 1.92 bits per heavy atom. The molecule has 0 spiro atoms. The van der Waals surface area contributed by atoms with E-state index in [1.807, 2.05) is 20.8 Å². The van der Waals surface area contributed by atoms with Gasteiger partial charge in [-0.2, -0.15) is 0 Å². The van der Waals surface area contributed by atoms with Crippen LogP contribution in [-0.4, -0.2) is 17.1 Å². The highest BCUT2D eigenvalue weighted by Gasteiger charge is 2.44. The van der Waals surface area contributed by atoms with Gasteiger partial charge in [0.15, 0.2) is 0 Å². The molecule has 3 heteroatoms. The van der Waals surface area contributed by atoms with Crippen molar-refractivity contribution >= 4 is 0 Å². The van der Waals surface area contributed by atoms with Crippen LogP contribution in [0.3, 0.4) is 0 Å². The van der Waals surface area contributed by atoms with E-state index in [0.29, 0.717) is 6.42 Å². The van der Waals surface area contributed by atoms with Crippen LogP contribution in [0.5, 0.6) is 0 Å². The molecule has 0 amide bonds. The van der Waals surface area contributed by atoms with E-state index in [4.69, 9.17) is 0 Å². The van der Waals surface area contributed by atoms with Gasteiger partial charge >= 0.3 is 0 Å². The van der Waals surface area contributed by atoms with Gasteiger partial charge in [0.25, 0.3) is 0 Å². The van der Waals surface area contributed by atoms with Crippen molar-refractivity contribution < 1.29 is 13.9 Å². The van der Waals surface area contributed by atoms with Crippen LogP contribution in [-0.2, 0) is 0 Å². The Morgan fingerprint density at radius 3 is 2.23 bits per heavy atom. The van der Waals surface area contributed by atoms with Crippen molar-refractivity contribution in [1.82, 2.24) is 0 Å². The minimum atomic E-state index is -2.54. The zero-order chi connectivity index (χ0) is 10.3. The van der Waals surface area contributed by atoms with Gasteiger partial charge in [0.05, 0.1) is 6.10 Å². The highest BCUT2D eigenvalue weighted by Crippen LogP contribution is 2.43. The van der Waals surface area contributed by atoms with Gasteiger partial charge in [-0.1, -0.05) is 20.8 Å². The average molecular weight is 192 g/mol. The standard InChI is InChI=1S/C10H18F2O/c1-9(2,3)8(13)7-4-5-10(11,12)6-7/h7-8,13H,4-6H2,1-3H3. The second-order valence-electron chi connectivity index (χ2n) is 5.17. The largest absolute Gasteiger partial charge is 0.392 e. The van der Waals surface area contributed by atoms with Gasteiger partial charge in [0.1, 0.15) is 0 Å². The molecule has 0 bridgehead atoms. The van der Waals surface area contributed by atoms with E-state index in [9.17, 15) is 13.9 Å². The van der Waals surface area contributed by atoms with E-state index in [1.165, 1.54) is 0 Å². The molecule has 0 aromatic carbocycles. The molecular formula is C10H18F2O. The smallest absolute Gasteiger partial charge is 0.248 e. The van der Waals surface area contributed by atoms with Crippen molar-refractivity contribution in [2.45, 2.75) is 52.1 Å². The van der Waals surface area contributed by atoms with E-state index in [-0.39, 0.29) is 24.2 Å². The van der Waals surface area contributed by atoms with Crippen LogP contribution >= 0.6 is 0 Å². The van der Waals surface area contributed by atoms with E-state index in [0.717, 1.165) is 0 Å². The van der Waals surface area contributed by atoms with Crippen LogP contribution in [0.15, 0.2) is 0 Å². The highest BCUT2D eigenvalue weighted by atomic mass is 19.3. The number of rotatable bonds is 1. The lowest BCUT2D eigenvalue weighted by Crippen LogP contribution is -2.33. The zero-order valence-electron chi connectivity index (χ0n) is 8.48. The fourth-order valence-corrected chi connectivity index (χ4v) is 1.96. The Morgan fingerprint density at radius 1 is 1.38 bits per heavy atom. The van der Waals surface area contributed by atoms with Gasteiger partial charge in [0.2, 0.25) is 5.92 Å². The molecule has 13 heavy (non-hydrogen) atoms. The SMILES string of the molecule is CC(C)(C)C(O)C1CCC(F)(F)C1. The summed E-state index contributed by atoms with van der Waals surface area (Å²) in [6.07, 6.45) is -0.373. The topological polar surface area (TPSA) is 20.2 Å². The van der Waals surface area contributed by atoms with E-state index in [2.05, 4.69) is 0 Å². The zero-order valence-corrected chi connectivity index (χ0v) is 8.48. The van der Waals surface area contributed by atoms with Crippen molar-refractivity contribution in [3.8, 4) is 0 Å². The first-order chi connectivity index (χ1) is 5.72. The normalized spacial score (nSPS) is 30.5. The number of hydrogen-bond donors (Lipinski definition) is 1. The van der Waals surface area contributed by atoms with Crippen molar-refractivity contribution in [3.05, 3.63) is 0 Å². The van der Waals surface area contributed by atoms with Crippen molar-refractivity contribution in [2.24, 2.45) is 11.3 Å². The number of aliphatic hydroxyl groups is 1. The van der Waals surface area contributed by atoms with Crippen molar-refractivity contribution in [1.29, 1.82) is 0 Å². The second kappa shape index (κ2) is 3.19. The lowest BCUT2D eigenvalue weighted by atomic mass is 9.80. The van der Waals surface area contributed by atoms with Crippen LogP contribution < -0.4 is 0 Å². The van der Waals surface area contributed by atoms with Gasteiger partial charge in [0, 0.05) is 12.8 Å². The quantitative estimate of drug-likeness (QED) is 0.677. The fraction of sp³-hybridized carbons (Fsp3) is 1.00. The molecular weight excluding hydrogens is 174 g/mol. The van der Waals surface area contributed by atoms with Crippen molar-refractivity contribution in [2.75, 3.05) is 0 Å². The summed E-state index contributed by atoms with van der Waals surface area (Å²) in [5.41, 5.74) is -0.287. The molecule has 1 aliphatic carbocycles. The lowest BCUT2D eigenvalue weighted by Gasteiger charge is -2.30. The van der Waals surface area contributed by atoms with Crippen LogP contribution in [0.25, 0.3) is 0 Å². The number of halogens is 2. The summed E-state index contributed by atoms with van der Waals surface area (Å²) in [4.78, 5) is 0. The summed E-state index contributed by atoms with van der Waals surface area (Å²) in [5, 5.41) is 9.78. The van der Waals surface area contributed by atoms with E-state index >= 15 is 0 Å². The van der Waals surface area contributed by atoms with Gasteiger partial charge in [-0.3, -0.25) is 0 Å². The predicted octanol–water partition coefficient (Wildman–Crippen LogP) is 2.83. The molecule has 0 aliphatic heterocycles. The number of alkyl halides is 2. The van der Waals surface area contributed by atoms with Gasteiger partial charge < -0.3 is 5.11 Å². The monoisotopic (exact) mass is 192 g/mol. The molecule has 78 valence electrons. The highest BCUT2D eigenvalue weighted by molar-refractivity contribution is 4.89. The minimum Gasteiger partial charge on any atom is -0.392 e. The molecule has 0 aromatic heterocycles. The summed E-state index contributed by atoms with van der Waals surface area (Å²) < 4.78 is 25.7. The first-order valence-corrected chi connectivity index (χ1v) is 4.78. The number of aliphatic hydroxyl groups excluding tert-OH is 1. The second-order valence-corrected chi connectivity index (χ2v) is 5.17. The third kappa shape index (κ3) is 2.63. The molecule has 2 unspecified atom stereocenters. The fourth-order valence-electron chi connectivity index (χ4n) is 1.96. The first kappa shape index (κ1) is 10.9. The van der Waals surface area contributed by atoms with E-state index in [1.54, 1.807) is 0 Å². The van der Waals surface area contributed by atoms with Gasteiger partial charge in [-0.25, -0.2) is 8.78 Å². The summed E-state index contributed by atoms with van der Waals surface area (Å²) in [6.45, 7) is 5.65. The Labute approximate surface area is 78.1 Å². The molecule has 1 nitrogen and oxygen atoms in total. The van der Waals surface area contributed by atoms with Crippen LogP contribution in [0, 0.1) is 11.3 Å². The predicted molar refractivity (Wildman–Crippen MR) is 47.7 cm³/mol. The van der Waals surface area contributed by atoms with Gasteiger partial charge in [-0.05, 0) is 17.8 Å². The molecule has 1 saturated carbocycles. The summed E-state index contributed by atoms with van der Waals surface area (Å²) in [7, 11) is 0. The van der Waals surface area contributed by atoms with Crippen molar-refractivity contribution in [3.63, 3.8) is 0 Å². The third-order valence-corrected chi connectivity index (χ3v) is 2.78. The number of hydrogen-bond acceptors (Lipinski definition) is 1. The Bertz CT molecular complexity index is 184. The minimum absolute atomic E-state index is 0.0647. The van der Waals surface area contributed by atoms with E-state index < -0.39 is 12.0 Å². The molecule has 0 aromatic rings. The lowest BCUT2D eigenvalue weighted by molar-refractivity contribution is -0.0252. The Kier molecular flexibility index (Phi) is 2.68. The average Bonchev–Trinajstić information content (AvgIpc) is 2.26. The van der Waals surface area contributed by atoms with Crippen LogP contribution in [0.4, 0.5) is 8.78 Å². The Hall–Kier alpha value is -0.180. The molecule has 0 heterocycles. The molecule has 0 saturated heterocycles. The molecule has 0 radical (unpaired) electrons. The molecule has 1 N–H and O–H groups in total. The van der Waals surface area contributed by atoms with Crippen LogP contribution in [0.2, 0.25) is 0 Å². The molecule has 1 fully saturated rings. The van der Waals surface area contributed by atoms with Gasteiger partial charge in [-0.15, -0.1) is 0 Å².